The van der Waals surface area contributed by atoms with Crippen molar-refractivity contribution in [2.24, 2.45) is 0 Å². The van der Waals surface area contributed by atoms with Crippen LogP contribution in [0.3, 0.4) is 0 Å². The Balaban J connectivity index is 2.00. The number of hydrogen-bond donors (Lipinski definition) is 1. The predicted molar refractivity (Wildman–Crippen MR) is 105 cm³/mol. The van der Waals surface area contributed by atoms with Gasteiger partial charge in [0.1, 0.15) is 11.9 Å². The summed E-state index contributed by atoms with van der Waals surface area (Å²) in [6.07, 6.45) is 2.17. The highest BCUT2D eigenvalue weighted by molar-refractivity contribution is 7.87. The summed E-state index contributed by atoms with van der Waals surface area (Å²) in [5, 5.41) is 0.236. The lowest BCUT2D eigenvalue weighted by atomic mass is 10.0. The van der Waals surface area contributed by atoms with Crippen LogP contribution in [0.25, 0.3) is 0 Å². The van der Waals surface area contributed by atoms with Gasteiger partial charge < -0.3 is 0 Å². The third-order valence-electron chi connectivity index (χ3n) is 4.23. The molecular formula is C18H18ClFN4O4S. The normalized spacial score (nSPS) is 15.0. The molecule has 1 aliphatic rings. The standard InChI is InChI=1S/C18H18ClFN4O4S/c1-12(25)18(15-4-2-3-5-16(15)19)24(14-8-13(20)9-21-10-14)17(26)11-22-29(27,28)23-6-7-23/h2-5,8-10,18,22H,6-7,11H2,1H3. The maximum atomic E-state index is 13.8. The second-order valence-corrected chi connectivity index (χ2v) is 8.55. The monoisotopic (exact) mass is 440 g/mol. The molecule has 8 nitrogen and oxygen atoms in total. The molecule has 1 aliphatic heterocycles. The number of pyridine rings is 1. The second kappa shape index (κ2) is 8.54. The molecule has 11 heteroatoms. The summed E-state index contributed by atoms with van der Waals surface area (Å²) in [5.41, 5.74) is 0.328. The van der Waals surface area contributed by atoms with Crippen LogP contribution < -0.4 is 9.62 Å². The molecule has 0 spiro atoms. The van der Waals surface area contributed by atoms with Crippen molar-refractivity contribution in [3.05, 3.63) is 59.1 Å². The Bertz CT molecular complexity index is 1050. The van der Waals surface area contributed by atoms with E-state index in [1.807, 2.05) is 0 Å². The molecule has 1 N–H and O–H groups in total. The van der Waals surface area contributed by atoms with Crippen LogP contribution in [0, 0.1) is 5.82 Å². The zero-order valence-electron chi connectivity index (χ0n) is 15.4. The van der Waals surface area contributed by atoms with Gasteiger partial charge in [-0.3, -0.25) is 19.5 Å². The second-order valence-electron chi connectivity index (χ2n) is 6.38. The average molecular weight is 441 g/mol. The summed E-state index contributed by atoms with van der Waals surface area (Å²) < 4.78 is 41.2. The first kappa shape index (κ1) is 21.3. The number of halogens is 2. The Hall–Kier alpha value is -2.40. The molecule has 2 heterocycles. The average Bonchev–Trinajstić information content (AvgIpc) is 3.51. The number of nitrogens with one attached hydrogen (secondary N) is 1. The molecule has 1 unspecified atom stereocenters. The largest absolute Gasteiger partial charge is 0.297 e. The number of carbonyl (C=O) groups is 2. The minimum atomic E-state index is -3.79. The molecule has 0 aliphatic carbocycles. The number of ketones is 1. The van der Waals surface area contributed by atoms with Crippen molar-refractivity contribution in [3.8, 4) is 0 Å². The van der Waals surface area contributed by atoms with Gasteiger partial charge in [-0.25, -0.2) is 4.39 Å². The highest BCUT2D eigenvalue weighted by Gasteiger charge is 2.35. The number of aromatic nitrogens is 1. The first-order chi connectivity index (χ1) is 13.7. The fourth-order valence-corrected chi connectivity index (χ4v) is 4.11. The summed E-state index contributed by atoms with van der Waals surface area (Å²) in [4.78, 5) is 30.3. The van der Waals surface area contributed by atoms with E-state index in [9.17, 15) is 22.4 Å². The van der Waals surface area contributed by atoms with Crippen molar-refractivity contribution in [3.63, 3.8) is 0 Å². The van der Waals surface area contributed by atoms with E-state index in [4.69, 9.17) is 11.6 Å². The molecule has 2 aromatic rings. The van der Waals surface area contributed by atoms with Gasteiger partial charge in [-0.1, -0.05) is 29.8 Å². The fourth-order valence-electron chi connectivity index (χ4n) is 2.82. The molecule has 1 aromatic carbocycles. The Labute approximate surface area is 172 Å². The van der Waals surface area contributed by atoms with Crippen molar-refractivity contribution in [1.29, 1.82) is 0 Å². The lowest BCUT2D eigenvalue weighted by molar-refractivity contribution is -0.123. The Kier molecular flexibility index (Phi) is 6.27. The molecule has 1 fully saturated rings. The Morgan fingerprint density at radius 3 is 2.59 bits per heavy atom. The third-order valence-corrected chi connectivity index (χ3v) is 6.13. The summed E-state index contributed by atoms with van der Waals surface area (Å²) >= 11 is 6.23. The summed E-state index contributed by atoms with van der Waals surface area (Å²) in [5.74, 6) is -1.92. The van der Waals surface area contributed by atoms with Crippen LogP contribution in [0.2, 0.25) is 5.02 Å². The molecular weight excluding hydrogens is 423 g/mol. The van der Waals surface area contributed by atoms with E-state index < -0.39 is 40.3 Å². The number of nitrogens with zero attached hydrogens (tertiary/aromatic N) is 3. The van der Waals surface area contributed by atoms with Crippen LogP contribution in [0.4, 0.5) is 10.1 Å². The van der Waals surface area contributed by atoms with E-state index in [2.05, 4.69) is 9.71 Å². The number of anilines is 1. The minimum Gasteiger partial charge on any atom is -0.297 e. The van der Waals surface area contributed by atoms with Crippen molar-refractivity contribution < 1.29 is 22.4 Å². The number of amides is 1. The van der Waals surface area contributed by atoms with Gasteiger partial charge in [0, 0.05) is 29.7 Å². The molecule has 1 aromatic heterocycles. The summed E-state index contributed by atoms with van der Waals surface area (Å²) in [6, 6.07) is 6.29. The van der Waals surface area contributed by atoms with E-state index in [0.717, 1.165) is 21.5 Å². The minimum absolute atomic E-state index is 0.000968. The third kappa shape index (κ3) is 4.96. The van der Waals surface area contributed by atoms with Crippen LogP contribution in [0.1, 0.15) is 18.5 Å². The van der Waals surface area contributed by atoms with Gasteiger partial charge >= 0.3 is 0 Å². The van der Waals surface area contributed by atoms with E-state index in [1.54, 1.807) is 24.3 Å². The molecule has 1 amide bonds. The maximum Gasteiger partial charge on any atom is 0.280 e. The quantitative estimate of drug-likeness (QED) is 0.630. The molecule has 0 bridgehead atoms. The van der Waals surface area contributed by atoms with Crippen LogP contribution in [0.15, 0.2) is 42.7 Å². The van der Waals surface area contributed by atoms with Crippen molar-refractivity contribution in [1.82, 2.24) is 14.0 Å². The lowest BCUT2D eigenvalue weighted by Gasteiger charge is -2.31. The van der Waals surface area contributed by atoms with Gasteiger partial charge in [-0.05, 0) is 13.0 Å². The molecule has 0 saturated carbocycles. The number of benzene rings is 1. The van der Waals surface area contributed by atoms with Crippen molar-refractivity contribution in [2.45, 2.75) is 13.0 Å². The van der Waals surface area contributed by atoms with E-state index in [1.165, 1.54) is 13.1 Å². The highest BCUT2D eigenvalue weighted by atomic mass is 35.5. The fraction of sp³-hybridized carbons (Fsp3) is 0.278. The first-order valence-electron chi connectivity index (χ1n) is 8.63. The van der Waals surface area contributed by atoms with Crippen LogP contribution in [-0.2, 0) is 19.8 Å². The number of hydrogen-bond acceptors (Lipinski definition) is 5. The maximum absolute atomic E-state index is 13.8. The van der Waals surface area contributed by atoms with Gasteiger partial charge in [0.2, 0.25) is 5.91 Å². The molecule has 0 radical (unpaired) electrons. The van der Waals surface area contributed by atoms with Gasteiger partial charge in [0.05, 0.1) is 24.6 Å². The zero-order chi connectivity index (χ0) is 21.2. The molecule has 3 rings (SSSR count). The number of carbonyl (C=O) groups excluding carboxylic acids is 2. The summed E-state index contributed by atoms with van der Waals surface area (Å²) in [7, 11) is -3.79. The zero-order valence-corrected chi connectivity index (χ0v) is 17.0. The first-order valence-corrected chi connectivity index (χ1v) is 10.4. The molecule has 1 atom stereocenters. The van der Waals surface area contributed by atoms with E-state index in [-0.39, 0.29) is 10.7 Å². The topological polar surface area (TPSA) is 99.5 Å². The number of rotatable bonds is 8. The van der Waals surface area contributed by atoms with Gasteiger partial charge in [0.15, 0.2) is 5.78 Å². The van der Waals surface area contributed by atoms with Crippen LogP contribution in [0.5, 0.6) is 0 Å². The van der Waals surface area contributed by atoms with Crippen LogP contribution in [-0.4, -0.2) is 49.0 Å². The van der Waals surface area contributed by atoms with Crippen molar-refractivity contribution >= 4 is 39.2 Å². The predicted octanol–water partition coefficient (Wildman–Crippen LogP) is 1.69. The Morgan fingerprint density at radius 2 is 2.00 bits per heavy atom. The molecule has 29 heavy (non-hydrogen) atoms. The lowest BCUT2D eigenvalue weighted by Crippen LogP contribution is -2.45. The molecule has 154 valence electrons. The van der Waals surface area contributed by atoms with Crippen molar-refractivity contribution in [2.75, 3.05) is 24.5 Å². The van der Waals surface area contributed by atoms with E-state index >= 15 is 0 Å². The molecule has 1 saturated heterocycles. The van der Waals surface area contributed by atoms with Gasteiger partial charge in [0.25, 0.3) is 10.2 Å². The van der Waals surface area contributed by atoms with E-state index in [0.29, 0.717) is 18.7 Å². The van der Waals surface area contributed by atoms with Gasteiger partial charge in [-0.15, -0.1) is 0 Å². The number of Topliss-reactive ketones (excluding diaryl/α,β-unsaturated/α-hetero) is 1. The smallest absolute Gasteiger partial charge is 0.280 e. The van der Waals surface area contributed by atoms with Gasteiger partial charge in [-0.2, -0.15) is 17.4 Å². The van der Waals surface area contributed by atoms with Crippen LogP contribution >= 0.6 is 11.6 Å². The SMILES string of the molecule is CC(=O)C(c1ccccc1Cl)N(C(=O)CNS(=O)(=O)N1CC1)c1cncc(F)c1. The summed E-state index contributed by atoms with van der Waals surface area (Å²) in [6.45, 7) is 1.39. The highest BCUT2D eigenvalue weighted by Crippen LogP contribution is 2.32. The Morgan fingerprint density at radius 1 is 1.31 bits per heavy atom.